The smallest absolute Gasteiger partial charge is 0.416 e. The molecule has 1 fully saturated rings. The van der Waals surface area contributed by atoms with Gasteiger partial charge in [-0.1, -0.05) is 12.1 Å². The molecular weight excluding hydrogens is 417 g/mol. The second kappa shape index (κ2) is 7.02. The third kappa shape index (κ3) is 3.60. The largest absolute Gasteiger partial charge is 0.454 e. The van der Waals surface area contributed by atoms with Crippen LogP contribution >= 0.6 is 11.3 Å². The number of carbonyl (C=O) groups is 1. The van der Waals surface area contributed by atoms with Crippen LogP contribution in [0.4, 0.5) is 18.3 Å². The maximum atomic E-state index is 12.7. The minimum Gasteiger partial charge on any atom is -0.454 e. The first-order chi connectivity index (χ1) is 14.4. The zero-order chi connectivity index (χ0) is 20.9. The lowest BCUT2D eigenvalue weighted by atomic mass is 10.1. The number of amides is 1. The van der Waals surface area contributed by atoms with E-state index in [0.29, 0.717) is 28.7 Å². The number of nitrogens with zero attached hydrogens (tertiary/aromatic N) is 1. The van der Waals surface area contributed by atoms with E-state index in [1.54, 1.807) is 0 Å². The molecule has 0 radical (unpaired) electrons. The van der Waals surface area contributed by atoms with E-state index >= 15 is 0 Å². The number of thiazole rings is 1. The van der Waals surface area contributed by atoms with E-state index < -0.39 is 11.7 Å². The van der Waals surface area contributed by atoms with Crippen LogP contribution in [-0.2, 0) is 11.0 Å². The molecule has 0 saturated heterocycles. The lowest BCUT2D eigenvalue weighted by Crippen LogP contribution is -2.14. The Balaban J connectivity index is 1.23. The summed E-state index contributed by atoms with van der Waals surface area (Å²) in [6.45, 7) is 0.193. The van der Waals surface area contributed by atoms with Gasteiger partial charge < -0.3 is 14.8 Å². The van der Waals surface area contributed by atoms with Gasteiger partial charge >= 0.3 is 6.18 Å². The number of benzene rings is 2. The molecule has 1 aliphatic carbocycles. The molecule has 0 bridgehead atoms. The van der Waals surface area contributed by atoms with Crippen molar-refractivity contribution in [2.45, 2.75) is 18.5 Å². The van der Waals surface area contributed by atoms with Crippen molar-refractivity contribution in [3.63, 3.8) is 0 Å². The van der Waals surface area contributed by atoms with Gasteiger partial charge in [-0.25, -0.2) is 4.98 Å². The summed E-state index contributed by atoms with van der Waals surface area (Å²) in [6, 6.07) is 10.5. The van der Waals surface area contributed by atoms with Crippen molar-refractivity contribution in [3.05, 3.63) is 59.0 Å². The first-order valence-electron chi connectivity index (χ1n) is 9.22. The molecular formula is C21H15F3N2O3S. The van der Waals surface area contributed by atoms with Crippen LogP contribution in [0.2, 0.25) is 0 Å². The zero-order valence-corrected chi connectivity index (χ0v) is 16.2. The van der Waals surface area contributed by atoms with E-state index in [9.17, 15) is 18.0 Å². The molecule has 2 atom stereocenters. The van der Waals surface area contributed by atoms with E-state index in [-0.39, 0.29) is 24.5 Å². The Morgan fingerprint density at radius 1 is 1.10 bits per heavy atom. The Kier molecular flexibility index (Phi) is 4.43. The number of hydrogen-bond donors (Lipinski definition) is 1. The molecule has 9 heteroatoms. The number of halogens is 3. The summed E-state index contributed by atoms with van der Waals surface area (Å²) in [7, 11) is 0. The van der Waals surface area contributed by atoms with Gasteiger partial charge in [-0.05, 0) is 48.2 Å². The van der Waals surface area contributed by atoms with E-state index in [1.807, 2.05) is 23.6 Å². The average molecular weight is 432 g/mol. The molecule has 1 aromatic heterocycles. The highest BCUT2D eigenvalue weighted by Crippen LogP contribution is 2.48. The van der Waals surface area contributed by atoms with E-state index in [4.69, 9.17) is 9.47 Å². The molecule has 154 valence electrons. The SMILES string of the molecule is O=C(Nc1nc(-c2ccc3c(c2)OCO3)cs1)C1CC1c1ccc(C(F)(F)F)cc1. The van der Waals surface area contributed by atoms with Crippen LogP contribution in [0.3, 0.4) is 0 Å². The number of aromatic nitrogens is 1. The topological polar surface area (TPSA) is 60.5 Å². The normalized spacial score (nSPS) is 19.6. The summed E-state index contributed by atoms with van der Waals surface area (Å²) in [4.78, 5) is 17.0. The van der Waals surface area contributed by atoms with Gasteiger partial charge in [-0.15, -0.1) is 11.3 Å². The van der Waals surface area contributed by atoms with Crippen LogP contribution in [0.5, 0.6) is 11.5 Å². The summed E-state index contributed by atoms with van der Waals surface area (Å²) in [5, 5.41) is 5.13. The third-order valence-corrected chi connectivity index (χ3v) is 5.95. The molecule has 2 heterocycles. The second-order valence-electron chi connectivity index (χ2n) is 7.16. The number of anilines is 1. The summed E-state index contributed by atoms with van der Waals surface area (Å²) >= 11 is 1.31. The van der Waals surface area contributed by atoms with E-state index in [2.05, 4.69) is 10.3 Å². The number of fused-ring (bicyclic) bond motifs is 1. The summed E-state index contributed by atoms with van der Waals surface area (Å²) in [5.41, 5.74) is 1.61. The van der Waals surface area contributed by atoms with Crippen molar-refractivity contribution in [1.82, 2.24) is 4.98 Å². The summed E-state index contributed by atoms with van der Waals surface area (Å²) in [6.07, 6.45) is -3.75. The zero-order valence-electron chi connectivity index (χ0n) is 15.4. The molecule has 2 aliphatic rings. The van der Waals surface area contributed by atoms with Crippen molar-refractivity contribution in [2.75, 3.05) is 12.1 Å². The third-order valence-electron chi connectivity index (χ3n) is 5.20. The lowest BCUT2D eigenvalue weighted by molar-refractivity contribution is -0.137. The van der Waals surface area contributed by atoms with Crippen LogP contribution in [-0.4, -0.2) is 17.7 Å². The monoisotopic (exact) mass is 432 g/mol. The fraction of sp³-hybridized carbons (Fsp3) is 0.238. The number of hydrogen-bond acceptors (Lipinski definition) is 5. The number of nitrogens with one attached hydrogen (secondary N) is 1. The predicted molar refractivity (Wildman–Crippen MR) is 105 cm³/mol. The molecule has 2 aromatic carbocycles. The van der Waals surface area contributed by atoms with Gasteiger partial charge in [-0.3, -0.25) is 4.79 Å². The molecule has 1 aliphatic heterocycles. The standard InChI is InChI=1S/C21H15F3N2O3S/c22-21(23,24)13-4-1-11(2-5-13)14-8-15(14)19(27)26-20-25-16(9-30-20)12-3-6-17-18(7-12)29-10-28-17/h1-7,9,14-15H,8,10H2,(H,25,26,27). The van der Waals surface area contributed by atoms with Crippen molar-refractivity contribution >= 4 is 22.4 Å². The number of ether oxygens (including phenoxy) is 2. The lowest BCUT2D eigenvalue weighted by Gasteiger charge is -2.07. The van der Waals surface area contributed by atoms with E-state index in [0.717, 1.165) is 23.3 Å². The second-order valence-corrected chi connectivity index (χ2v) is 8.02. The fourth-order valence-corrected chi connectivity index (χ4v) is 4.21. The number of rotatable bonds is 4. The van der Waals surface area contributed by atoms with Crippen molar-refractivity contribution in [1.29, 1.82) is 0 Å². The van der Waals surface area contributed by atoms with E-state index in [1.165, 1.54) is 23.5 Å². The summed E-state index contributed by atoms with van der Waals surface area (Å²) in [5.74, 6) is 0.834. The Labute approximate surface area is 173 Å². The molecule has 1 N–H and O–H groups in total. The first kappa shape index (κ1) is 18.9. The molecule has 5 rings (SSSR count). The van der Waals surface area contributed by atoms with Crippen LogP contribution < -0.4 is 14.8 Å². The average Bonchev–Trinajstić information content (AvgIpc) is 3.15. The minimum absolute atomic E-state index is 0.0689. The van der Waals surface area contributed by atoms with Gasteiger partial charge in [0.05, 0.1) is 11.3 Å². The molecule has 1 amide bonds. The maximum absolute atomic E-state index is 12.7. The van der Waals surface area contributed by atoms with Crippen LogP contribution in [0.15, 0.2) is 47.8 Å². The summed E-state index contributed by atoms with van der Waals surface area (Å²) < 4.78 is 48.7. The maximum Gasteiger partial charge on any atom is 0.416 e. The van der Waals surface area contributed by atoms with Crippen molar-refractivity contribution < 1.29 is 27.4 Å². The number of alkyl halides is 3. The molecule has 5 nitrogen and oxygen atoms in total. The number of carbonyl (C=O) groups excluding carboxylic acids is 1. The van der Waals surface area contributed by atoms with Gasteiger partial charge in [0.2, 0.25) is 12.7 Å². The van der Waals surface area contributed by atoms with Crippen molar-refractivity contribution in [2.24, 2.45) is 5.92 Å². The predicted octanol–water partition coefficient (Wildman–Crippen LogP) is 5.30. The highest BCUT2D eigenvalue weighted by atomic mass is 32.1. The van der Waals surface area contributed by atoms with Gasteiger partial charge in [0.1, 0.15) is 0 Å². The first-order valence-corrected chi connectivity index (χ1v) is 10.1. The minimum atomic E-state index is -4.36. The fourth-order valence-electron chi connectivity index (χ4n) is 3.49. The van der Waals surface area contributed by atoms with Crippen molar-refractivity contribution in [3.8, 4) is 22.8 Å². The highest BCUT2D eigenvalue weighted by Gasteiger charge is 2.44. The molecule has 0 spiro atoms. The molecule has 30 heavy (non-hydrogen) atoms. The molecule has 3 aromatic rings. The Bertz CT molecular complexity index is 1110. The van der Waals surface area contributed by atoms with Crippen LogP contribution in [0, 0.1) is 5.92 Å². The Morgan fingerprint density at radius 3 is 2.63 bits per heavy atom. The van der Waals surface area contributed by atoms with Gasteiger partial charge in [0.25, 0.3) is 0 Å². The molecule has 1 saturated carbocycles. The Hall–Kier alpha value is -3.07. The highest BCUT2D eigenvalue weighted by molar-refractivity contribution is 7.14. The quantitative estimate of drug-likeness (QED) is 0.608. The van der Waals surface area contributed by atoms with Gasteiger partial charge in [-0.2, -0.15) is 13.2 Å². The van der Waals surface area contributed by atoms with Gasteiger partial charge in [0.15, 0.2) is 16.6 Å². The molecule has 2 unspecified atom stereocenters. The van der Waals surface area contributed by atoms with Crippen LogP contribution in [0.25, 0.3) is 11.3 Å². The van der Waals surface area contributed by atoms with Crippen LogP contribution in [0.1, 0.15) is 23.5 Å². The van der Waals surface area contributed by atoms with Gasteiger partial charge in [0, 0.05) is 16.9 Å². The Morgan fingerprint density at radius 2 is 1.87 bits per heavy atom.